The van der Waals surface area contributed by atoms with Crippen LogP contribution in [-0.2, 0) is 4.79 Å². The molecule has 3 nitrogen and oxygen atoms in total. The molecule has 92 valence electrons. The van der Waals surface area contributed by atoms with E-state index in [1.165, 1.54) is 0 Å². The number of hydrogen-bond donors (Lipinski definition) is 1. The van der Waals surface area contributed by atoms with Gasteiger partial charge in [-0.1, -0.05) is 6.92 Å². The Bertz CT molecular complexity index is 272. The molecule has 1 N–H and O–H groups in total. The highest BCUT2D eigenvalue weighted by Gasteiger charge is 2.36. The summed E-state index contributed by atoms with van der Waals surface area (Å²) in [6.07, 6.45) is 1.00. The van der Waals surface area contributed by atoms with Gasteiger partial charge in [-0.2, -0.15) is 11.8 Å². The first-order valence-electron chi connectivity index (χ1n) is 6.26. The zero-order chi connectivity index (χ0) is 11.7. The molecule has 2 heterocycles. The van der Waals surface area contributed by atoms with Crippen LogP contribution < -0.4 is 5.32 Å². The summed E-state index contributed by atoms with van der Waals surface area (Å²) in [7, 11) is 0. The normalized spacial score (nSPS) is 40.1. The minimum Gasteiger partial charge on any atom is -0.338 e. The van der Waals surface area contributed by atoms with Crippen LogP contribution in [0.1, 0.15) is 27.2 Å². The Kier molecular flexibility index (Phi) is 3.80. The Labute approximate surface area is 102 Å². The molecule has 2 fully saturated rings. The molecule has 2 saturated heterocycles. The molecule has 0 bridgehead atoms. The molecule has 4 heteroatoms. The second kappa shape index (κ2) is 4.96. The first-order chi connectivity index (χ1) is 7.61. The van der Waals surface area contributed by atoms with Crippen LogP contribution in [0.25, 0.3) is 0 Å². The van der Waals surface area contributed by atoms with Gasteiger partial charge in [-0.05, 0) is 26.8 Å². The van der Waals surface area contributed by atoms with Gasteiger partial charge in [0, 0.05) is 29.6 Å². The van der Waals surface area contributed by atoms with Crippen LogP contribution in [0.3, 0.4) is 0 Å². The van der Waals surface area contributed by atoms with Gasteiger partial charge in [0.25, 0.3) is 0 Å². The third-order valence-corrected chi connectivity index (χ3v) is 5.35. The standard InChI is InChI=1S/C12H22N2OS/c1-8-11(4-5-13-8)12(15)14-6-7-16-10(3)9(14)2/h8-11,13H,4-7H2,1-3H3. The monoisotopic (exact) mass is 242 g/mol. The molecule has 0 aromatic heterocycles. The first kappa shape index (κ1) is 12.2. The van der Waals surface area contributed by atoms with E-state index >= 15 is 0 Å². The van der Waals surface area contributed by atoms with Gasteiger partial charge in [0.15, 0.2) is 0 Å². The highest BCUT2D eigenvalue weighted by molar-refractivity contribution is 8.00. The zero-order valence-electron chi connectivity index (χ0n) is 10.4. The fourth-order valence-electron chi connectivity index (χ4n) is 2.65. The van der Waals surface area contributed by atoms with Crippen molar-refractivity contribution in [2.24, 2.45) is 5.92 Å². The van der Waals surface area contributed by atoms with Gasteiger partial charge >= 0.3 is 0 Å². The summed E-state index contributed by atoms with van der Waals surface area (Å²) in [5, 5.41) is 3.93. The summed E-state index contributed by atoms with van der Waals surface area (Å²) in [6, 6.07) is 0.739. The van der Waals surface area contributed by atoms with Crippen molar-refractivity contribution >= 4 is 17.7 Å². The van der Waals surface area contributed by atoms with E-state index in [0.29, 0.717) is 23.2 Å². The average molecular weight is 242 g/mol. The second-order valence-electron chi connectivity index (χ2n) is 4.99. The number of rotatable bonds is 1. The van der Waals surface area contributed by atoms with Crippen molar-refractivity contribution < 1.29 is 4.79 Å². The van der Waals surface area contributed by atoms with Crippen LogP contribution in [0.15, 0.2) is 0 Å². The van der Waals surface area contributed by atoms with Crippen molar-refractivity contribution in [2.75, 3.05) is 18.8 Å². The predicted molar refractivity (Wildman–Crippen MR) is 68.7 cm³/mol. The molecule has 0 aromatic carbocycles. The predicted octanol–water partition coefficient (Wildman–Crippen LogP) is 1.34. The van der Waals surface area contributed by atoms with Gasteiger partial charge in [0.05, 0.1) is 5.92 Å². The molecule has 0 radical (unpaired) electrons. The van der Waals surface area contributed by atoms with Gasteiger partial charge in [0.2, 0.25) is 5.91 Å². The average Bonchev–Trinajstić information content (AvgIpc) is 2.68. The van der Waals surface area contributed by atoms with Crippen LogP contribution >= 0.6 is 11.8 Å². The van der Waals surface area contributed by atoms with E-state index < -0.39 is 0 Å². The lowest BCUT2D eigenvalue weighted by atomic mass is 9.99. The molecule has 2 rings (SSSR count). The Balaban J connectivity index is 2.03. The Hall–Kier alpha value is -0.220. The van der Waals surface area contributed by atoms with Gasteiger partial charge in [0.1, 0.15) is 0 Å². The molecule has 16 heavy (non-hydrogen) atoms. The molecule has 1 amide bonds. The summed E-state index contributed by atoms with van der Waals surface area (Å²) in [6.45, 7) is 8.46. The smallest absolute Gasteiger partial charge is 0.227 e. The summed E-state index contributed by atoms with van der Waals surface area (Å²) >= 11 is 1.98. The molecule has 0 saturated carbocycles. The largest absolute Gasteiger partial charge is 0.338 e. The number of thioether (sulfide) groups is 1. The van der Waals surface area contributed by atoms with Crippen molar-refractivity contribution in [1.29, 1.82) is 0 Å². The molecule has 0 aromatic rings. The van der Waals surface area contributed by atoms with E-state index in [2.05, 4.69) is 31.0 Å². The number of nitrogens with one attached hydrogen (secondary N) is 1. The van der Waals surface area contributed by atoms with Crippen LogP contribution in [-0.4, -0.2) is 47.0 Å². The van der Waals surface area contributed by atoms with E-state index in [-0.39, 0.29) is 5.92 Å². The van der Waals surface area contributed by atoms with E-state index in [4.69, 9.17) is 0 Å². The van der Waals surface area contributed by atoms with Gasteiger partial charge < -0.3 is 10.2 Å². The van der Waals surface area contributed by atoms with Crippen molar-refractivity contribution in [3.8, 4) is 0 Å². The van der Waals surface area contributed by atoms with Gasteiger partial charge in [-0.3, -0.25) is 4.79 Å². The maximum Gasteiger partial charge on any atom is 0.227 e. The molecule has 0 aliphatic carbocycles. The molecule has 0 spiro atoms. The number of hydrogen-bond acceptors (Lipinski definition) is 3. The molecule has 4 unspecified atom stereocenters. The summed E-state index contributed by atoms with van der Waals surface area (Å²) in [5.41, 5.74) is 0. The fraction of sp³-hybridized carbons (Fsp3) is 0.917. The van der Waals surface area contributed by atoms with Crippen LogP contribution in [0.4, 0.5) is 0 Å². The Morgan fingerprint density at radius 3 is 2.75 bits per heavy atom. The third kappa shape index (κ3) is 2.23. The van der Waals surface area contributed by atoms with Crippen molar-refractivity contribution in [3.63, 3.8) is 0 Å². The Morgan fingerprint density at radius 2 is 2.12 bits per heavy atom. The minimum absolute atomic E-state index is 0.206. The van der Waals surface area contributed by atoms with Gasteiger partial charge in [-0.25, -0.2) is 0 Å². The Morgan fingerprint density at radius 1 is 1.38 bits per heavy atom. The minimum atomic E-state index is 0.206. The molecule has 2 aliphatic heterocycles. The van der Waals surface area contributed by atoms with Crippen molar-refractivity contribution in [2.45, 2.75) is 44.5 Å². The van der Waals surface area contributed by atoms with Crippen molar-refractivity contribution in [3.05, 3.63) is 0 Å². The number of carbonyl (C=O) groups is 1. The summed E-state index contributed by atoms with van der Waals surface area (Å²) in [5.74, 6) is 1.67. The topological polar surface area (TPSA) is 32.3 Å². The number of nitrogens with zero attached hydrogens (tertiary/aromatic N) is 1. The first-order valence-corrected chi connectivity index (χ1v) is 7.31. The highest BCUT2D eigenvalue weighted by Crippen LogP contribution is 2.27. The second-order valence-corrected chi connectivity index (χ2v) is 6.47. The van der Waals surface area contributed by atoms with Gasteiger partial charge in [-0.15, -0.1) is 0 Å². The maximum atomic E-state index is 12.4. The van der Waals surface area contributed by atoms with Crippen LogP contribution in [0.2, 0.25) is 0 Å². The quantitative estimate of drug-likeness (QED) is 0.753. The number of amides is 1. The maximum absolute atomic E-state index is 12.4. The van der Waals surface area contributed by atoms with Crippen LogP contribution in [0.5, 0.6) is 0 Å². The summed E-state index contributed by atoms with van der Waals surface area (Å²) in [4.78, 5) is 14.5. The fourth-order valence-corrected chi connectivity index (χ4v) is 3.75. The molecular weight excluding hydrogens is 220 g/mol. The third-order valence-electron chi connectivity index (χ3n) is 4.01. The molecular formula is C12H22N2OS. The molecule has 4 atom stereocenters. The van der Waals surface area contributed by atoms with E-state index in [9.17, 15) is 4.79 Å². The van der Waals surface area contributed by atoms with E-state index in [0.717, 1.165) is 25.3 Å². The lowest BCUT2D eigenvalue weighted by Crippen LogP contribution is -2.51. The lowest BCUT2D eigenvalue weighted by Gasteiger charge is -2.39. The van der Waals surface area contributed by atoms with E-state index in [1.54, 1.807) is 0 Å². The highest BCUT2D eigenvalue weighted by atomic mass is 32.2. The SMILES string of the molecule is CC1NCCC1C(=O)N1CCSC(C)C1C. The van der Waals surface area contributed by atoms with E-state index in [1.807, 2.05) is 11.8 Å². The lowest BCUT2D eigenvalue weighted by molar-refractivity contribution is -0.137. The summed E-state index contributed by atoms with van der Waals surface area (Å²) < 4.78 is 0. The van der Waals surface area contributed by atoms with Crippen LogP contribution in [0, 0.1) is 5.92 Å². The number of carbonyl (C=O) groups excluding carboxylic acids is 1. The zero-order valence-corrected chi connectivity index (χ0v) is 11.2. The van der Waals surface area contributed by atoms with Crippen molar-refractivity contribution in [1.82, 2.24) is 10.2 Å². The molecule has 2 aliphatic rings.